The van der Waals surface area contributed by atoms with E-state index in [1.807, 2.05) is 0 Å². The molecule has 1 atom stereocenters. The molecule has 4 N–H and O–H groups in total. The number of carbonyl (C=O) groups excluding carboxylic acids is 1. The SMILES string of the molecule is CCCCNC(=O)[C@@H](N)Cc1ccc(O)cc1. The number of benzene rings is 1. The van der Waals surface area contributed by atoms with Crippen LogP contribution in [0.3, 0.4) is 0 Å². The number of aromatic hydroxyl groups is 1. The molecule has 0 saturated heterocycles. The third-order valence-electron chi connectivity index (χ3n) is 2.56. The first-order valence-corrected chi connectivity index (χ1v) is 5.94. The van der Waals surface area contributed by atoms with E-state index in [0.29, 0.717) is 13.0 Å². The highest BCUT2D eigenvalue weighted by Gasteiger charge is 2.13. The Kier molecular flexibility index (Phi) is 5.49. The Bertz CT molecular complexity index is 349. The molecule has 0 bridgehead atoms. The van der Waals surface area contributed by atoms with Crippen LogP contribution in [-0.4, -0.2) is 23.6 Å². The molecule has 94 valence electrons. The quantitative estimate of drug-likeness (QED) is 0.649. The number of unbranched alkanes of at least 4 members (excludes halogenated alkanes) is 1. The maximum atomic E-state index is 11.6. The third-order valence-corrected chi connectivity index (χ3v) is 2.56. The van der Waals surface area contributed by atoms with E-state index in [2.05, 4.69) is 12.2 Å². The van der Waals surface area contributed by atoms with Crippen molar-refractivity contribution in [2.75, 3.05) is 6.54 Å². The van der Waals surface area contributed by atoms with Gasteiger partial charge in [-0.2, -0.15) is 0 Å². The van der Waals surface area contributed by atoms with Crippen LogP contribution in [0.2, 0.25) is 0 Å². The molecule has 0 aliphatic heterocycles. The number of nitrogens with two attached hydrogens (primary N) is 1. The number of carbonyl (C=O) groups is 1. The van der Waals surface area contributed by atoms with Crippen molar-refractivity contribution in [2.45, 2.75) is 32.2 Å². The van der Waals surface area contributed by atoms with E-state index in [-0.39, 0.29) is 11.7 Å². The Morgan fingerprint density at radius 3 is 2.65 bits per heavy atom. The standard InChI is InChI=1S/C13H20N2O2/c1-2-3-8-15-13(17)12(14)9-10-4-6-11(16)7-5-10/h4-7,12,16H,2-3,8-9,14H2,1H3,(H,15,17)/t12-/m0/s1. The van der Waals surface area contributed by atoms with Crippen molar-refractivity contribution in [2.24, 2.45) is 5.73 Å². The first-order chi connectivity index (χ1) is 8.13. The van der Waals surface area contributed by atoms with E-state index >= 15 is 0 Å². The van der Waals surface area contributed by atoms with Crippen LogP contribution < -0.4 is 11.1 Å². The van der Waals surface area contributed by atoms with Gasteiger partial charge in [0.15, 0.2) is 0 Å². The molecule has 0 fully saturated rings. The van der Waals surface area contributed by atoms with Gasteiger partial charge >= 0.3 is 0 Å². The molecule has 4 nitrogen and oxygen atoms in total. The molecule has 1 amide bonds. The highest BCUT2D eigenvalue weighted by molar-refractivity contribution is 5.81. The zero-order valence-electron chi connectivity index (χ0n) is 10.1. The van der Waals surface area contributed by atoms with Gasteiger partial charge in [-0.1, -0.05) is 25.5 Å². The lowest BCUT2D eigenvalue weighted by molar-refractivity contribution is -0.122. The van der Waals surface area contributed by atoms with Crippen molar-refractivity contribution < 1.29 is 9.90 Å². The summed E-state index contributed by atoms with van der Waals surface area (Å²) in [6.45, 7) is 2.75. The molecule has 0 aliphatic carbocycles. The third kappa shape index (κ3) is 4.87. The summed E-state index contributed by atoms with van der Waals surface area (Å²) in [6.07, 6.45) is 2.50. The number of amides is 1. The number of nitrogens with one attached hydrogen (secondary N) is 1. The molecule has 0 aromatic heterocycles. The van der Waals surface area contributed by atoms with E-state index in [1.54, 1.807) is 24.3 Å². The van der Waals surface area contributed by atoms with Crippen LogP contribution in [0.5, 0.6) is 5.75 Å². The monoisotopic (exact) mass is 236 g/mol. The van der Waals surface area contributed by atoms with Crippen LogP contribution in [0.4, 0.5) is 0 Å². The van der Waals surface area contributed by atoms with Crippen molar-refractivity contribution >= 4 is 5.91 Å². The second-order valence-electron chi connectivity index (χ2n) is 4.12. The fraction of sp³-hybridized carbons (Fsp3) is 0.462. The van der Waals surface area contributed by atoms with Crippen LogP contribution >= 0.6 is 0 Å². The summed E-state index contributed by atoms with van der Waals surface area (Å²) in [7, 11) is 0. The van der Waals surface area contributed by atoms with Gasteiger partial charge in [-0.15, -0.1) is 0 Å². The van der Waals surface area contributed by atoms with Crippen molar-refractivity contribution in [3.63, 3.8) is 0 Å². The van der Waals surface area contributed by atoms with Gasteiger partial charge in [-0.25, -0.2) is 0 Å². The Morgan fingerprint density at radius 2 is 2.06 bits per heavy atom. The van der Waals surface area contributed by atoms with E-state index in [0.717, 1.165) is 18.4 Å². The molecule has 4 heteroatoms. The van der Waals surface area contributed by atoms with E-state index in [1.165, 1.54) is 0 Å². The van der Waals surface area contributed by atoms with Crippen LogP contribution in [-0.2, 0) is 11.2 Å². The first kappa shape index (κ1) is 13.5. The smallest absolute Gasteiger partial charge is 0.237 e. The molecule has 0 heterocycles. The number of rotatable bonds is 6. The molecule has 0 unspecified atom stereocenters. The average molecular weight is 236 g/mol. The average Bonchev–Trinajstić information content (AvgIpc) is 2.32. The highest BCUT2D eigenvalue weighted by Crippen LogP contribution is 2.10. The molecule has 0 aliphatic rings. The van der Waals surface area contributed by atoms with E-state index in [9.17, 15) is 4.79 Å². The van der Waals surface area contributed by atoms with Gasteiger partial charge in [0.2, 0.25) is 5.91 Å². The van der Waals surface area contributed by atoms with Crippen molar-refractivity contribution in [1.29, 1.82) is 0 Å². The zero-order valence-corrected chi connectivity index (χ0v) is 10.1. The van der Waals surface area contributed by atoms with Crippen molar-refractivity contribution in [3.8, 4) is 5.75 Å². The lowest BCUT2D eigenvalue weighted by Gasteiger charge is -2.12. The summed E-state index contributed by atoms with van der Waals surface area (Å²) < 4.78 is 0. The number of phenolic OH excluding ortho intramolecular Hbond substituents is 1. The lowest BCUT2D eigenvalue weighted by Crippen LogP contribution is -2.42. The minimum absolute atomic E-state index is 0.119. The maximum Gasteiger partial charge on any atom is 0.237 e. The van der Waals surface area contributed by atoms with Gasteiger partial charge in [0.05, 0.1) is 6.04 Å². The predicted molar refractivity (Wildman–Crippen MR) is 67.7 cm³/mol. The number of hydrogen-bond acceptors (Lipinski definition) is 3. The summed E-state index contributed by atoms with van der Waals surface area (Å²) in [5.74, 6) is 0.0984. The van der Waals surface area contributed by atoms with Gasteiger partial charge in [-0.05, 0) is 30.5 Å². The summed E-state index contributed by atoms with van der Waals surface area (Å²) in [4.78, 5) is 11.6. The second kappa shape index (κ2) is 6.91. The molecule has 0 spiro atoms. The van der Waals surface area contributed by atoms with Gasteiger partial charge in [-0.3, -0.25) is 4.79 Å². The minimum Gasteiger partial charge on any atom is -0.508 e. The summed E-state index contributed by atoms with van der Waals surface area (Å²) in [5.41, 5.74) is 6.74. The van der Waals surface area contributed by atoms with Crippen LogP contribution in [0.1, 0.15) is 25.3 Å². The zero-order chi connectivity index (χ0) is 12.7. The van der Waals surface area contributed by atoms with Crippen LogP contribution in [0.25, 0.3) is 0 Å². The molecule has 1 rings (SSSR count). The van der Waals surface area contributed by atoms with E-state index in [4.69, 9.17) is 10.8 Å². The second-order valence-corrected chi connectivity index (χ2v) is 4.12. The maximum absolute atomic E-state index is 11.6. The Morgan fingerprint density at radius 1 is 1.41 bits per heavy atom. The van der Waals surface area contributed by atoms with Gasteiger partial charge in [0.1, 0.15) is 5.75 Å². The molecular formula is C13H20N2O2. The van der Waals surface area contributed by atoms with E-state index < -0.39 is 6.04 Å². The number of hydrogen-bond donors (Lipinski definition) is 3. The molecule has 1 aromatic rings. The van der Waals surface area contributed by atoms with Gasteiger partial charge in [0, 0.05) is 6.54 Å². The first-order valence-electron chi connectivity index (χ1n) is 5.94. The predicted octanol–water partition coefficient (Wildman–Crippen LogP) is 1.18. The summed E-state index contributed by atoms with van der Waals surface area (Å²) in [5, 5.41) is 11.9. The topological polar surface area (TPSA) is 75.4 Å². The Hall–Kier alpha value is -1.55. The minimum atomic E-state index is -0.531. The normalized spacial score (nSPS) is 12.1. The Labute approximate surface area is 102 Å². The van der Waals surface area contributed by atoms with Gasteiger partial charge < -0.3 is 16.2 Å². The van der Waals surface area contributed by atoms with Crippen LogP contribution in [0.15, 0.2) is 24.3 Å². The Balaban J connectivity index is 2.40. The molecular weight excluding hydrogens is 216 g/mol. The lowest BCUT2D eigenvalue weighted by atomic mass is 10.1. The molecule has 1 aromatic carbocycles. The summed E-state index contributed by atoms with van der Waals surface area (Å²) >= 11 is 0. The van der Waals surface area contributed by atoms with Crippen molar-refractivity contribution in [3.05, 3.63) is 29.8 Å². The van der Waals surface area contributed by atoms with Crippen molar-refractivity contribution in [1.82, 2.24) is 5.32 Å². The largest absolute Gasteiger partial charge is 0.508 e. The van der Waals surface area contributed by atoms with Gasteiger partial charge in [0.25, 0.3) is 0 Å². The van der Waals surface area contributed by atoms with Crippen LogP contribution in [0, 0.1) is 0 Å². The molecule has 17 heavy (non-hydrogen) atoms. The fourth-order valence-corrected chi connectivity index (χ4v) is 1.50. The highest BCUT2D eigenvalue weighted by atomic mass is 16.3. The number of phenols is 1. The molecule has 0 radical (unpaired) electrons. The molecule has 0 saturated carbocycles. The summed E-state index contributed by atoms with van der Waals surface area (Å²) in [6, 6.07) is 6.20. The fourth-order valence-electron chi connectivity index (χ4n) is 1.50.